The van der Waals surface area contributed by atoms with Gasteiger partial charge in [0.1, 0.15) is 5.69 Å². The second-order valence-electron chi connectivity index (χ2n) is 9.02. The maximum Gasteiger partial charge on any atom is 0.184 e. The monoisotopic (exact) mass is 350 g/mol. The number of hydrogen-bond acceptors (Lipinski definition) is 2. The summed E-state index contributed by atoms with van der Waals surface area (Å²) in [5.41, 5.74) is 5.02. The number of H-pyrrole nitrogens is 1. The Hall–Kier alpha value is -1.90. The average molecular weight is 351 g/mol. The number of imidazole rings is 1. The molecule has 0 radical (unpaired) electrons. The van der Waals surface area contributed by atoms with Gasteiger partial charge in [0.15, 0.2) is 5.78 Å². The first-order chi connectivity index (χ1) is 12.4. The Balaban J connectivity index is 1.83. The second-order valence-corrected chi connectivity index (χ2v) is 9.02. The number of benzene rings is 1. The molecular weight excluding hydrogens is 320 g/mol. The van der Waals surface area contributed by atoms with Crippen LogP contribution in [0.25, 0.3) is 0 Å². The van der Waals surface area contributed by atoms with Crippen molar-refractivity contribution in [2.75, 3.05) is 0 Å². The van der Waals surface area contributed by atoms with Crippen LogP contribution in [-0.4, -0.2) is 15.8 Å². The minimum absolute atomic E-state index is 0.0469. The molecule has 2 aliphatic rings. The third-order valence-electron chi connectivity index (χ3n) is 7.09. The zero-order valence-electron chi connectivity index (χ0n) is 16.4. The number of nitrogens with one attached hydrogen (secondary N) is 1. The highest BCUT2D eigenvalue weighted by atomic mass is 16.1. The molecule has 4 atom stereocenters. The van der Waals surface area contributed by atoms with Crippen molar-refractivity contribution in [1.29, 1.82) is 0 Å². The molecule has 0 amide bonds. The maximum absolute atomic E-state index is 13.4. The van der Waals surface area contributed by atoms with E-state index in [4.69, 9.17) is 0 Å². The number of fused-ring (bicyclic) bond motifs is 3. The van der Waals surface area contributed by atoms with Crippen LogP contribution in [-0.2, 0) is 11.8 Å². The first kappa shape index (κ1) is 17.5. The SMILES string of the molecule is CC(C)c1ccc2c(c1)CC(C(=O)c1cnc[nH]1)[C@H]1[C@@H](C)CCC[C@]21C. The Morgan fingerprint density at radius 2 is 2.15 bits per heavy atom. The van der Waals surface area contributed by atoms with Gasteiger partial charge in [-0.25, -0.2) is 4.98 Å². The van der Waals surface area contributed by atoms with Crippen LogP contribution in [0.15, 0.2) is 30.7 Å². The van der Waals surface area contributed by atoms with Crippen LogP contribution in [0.5, 0.6) is 0 Å². The van der Waals surface area contributed by atoms with E-state index >= 15 is 0 Å². The number of hydrogen-bond donors (Lipinski definition) is 1. The number of nitrogens with zero attached hydrogens (tertiary/aromatic N) is 1. The predicted molar refractivity (Wildman–Crippen MR) is 105 cm³/mol. The molecule has 1 N–H and O–H groups in total. The molecule has 1 aromatic heterocycles. The fourth-order valence-electron chi connectivity index (χ4n) is 5.83. The number of aromatic nitrogens is 2. The van der Waals surface area contributed by atoms with E-state index in [1.165, 1.54) is 36.0 Å². The molecule has 2 aliphatic carbocycles. The van der Waals surface area contributed by atoms with E-state index in [0.717, 1.165) is 6.42 Å². The van der Waals surface area contributed by atoms with Crippen LogP contribution in [0.2, 0.25) is 0 Å². The van der Waals surface area contributed by atoms with Crippen LogP contribution < -0.4 is 0 Å². The molecule has 1 aromatic carbocycles. The number of ketones is 1. The molecule has 2 aromatic rings. The Morgan fingerprint density at radius 3 is 2.85 bits per heavy atom. The highest BCUT2D eigenvalue weighted by Gasteiger charge is 2.51. The quantitative estimate of drug-likeness (QED) is 0.765. The van der Waals surface area contributed by atoms with Gasteiger partial charge in [-0.1, -0.05) is 58.7 Å². The van der Waals surface area contributed by atoms with Crippen molar-refractivity contribution in [3.8, 4) is 0 Å². The summed E-state index contributed by atoms with van der Waals surface area (Å²) in [4.78, 5) is 20.5. The van der Waals surface area contributed by atoms with Gasteiger partial charge >= 0.3 is 0 Å². The van der Waals surface area contributed by atoms with Crippen molar-refractivity contribution in [3.63, 3.8) is 0 Å². The van der Waals surface area contributed by atoms with E-state index in [-0.39, 0.29) is 17.1 Å². The van der Waals surface area contributed by atoms with Crippen molar-refractivity contribution in [2.24, 2.45) is 17.8 Å². The highest BCUT2D eigenvalue weighted by Crippen LogP contribution is 2.55. The lowest BCUT2D eigenvalue weighted by Crippen LogP contribution is -2.50. The topological polar surface area (TPSA) is 45.8 Å². The zero-order chi connectivity index (χ0) is 18.5. The molecule has 3 heteroatoms. The number of aromatic amines is 1. The Morgan fingerprint density at radius 1 is 1.35 bits per heavy atom. The third-order valence-corrected chi connectivity index (χ3v) is 7.09. The normalized spacial score (nSPS) is 30.7. The molecule has 1 heterocycles. The summed E-state index contributed by atoms with van der Waals surface area (Å²) >= 11 is 0. The summed E-state index contributed by atoms with van der Waals surface area (Å²) in [6.07, 6.45) is 7.83. The fraction of sp³-hybridized carbons (Fsp3) is 0.565. The molecule has 0 saturated heterocycles. The molecule has 1 saturated carbocycles. The number of carbonyl (C=O) groups is 1. The molecule has 4 rings (SSSR count). The van der Waals surface area contributed by atoms with Gasteiger partial charge < -0.3 is 4.98 Å². The second kappa shape index (κ2) is 6.37. The molecule has 138 valence electrons. The fourth-order valence-corrected chi connectivity index (χ4v) is 5.83. The first-order valence-electron chi connectivity index (χ1n) is 10.1. The van der Waals surface area contributed by atoms with Gasteiger partial charge in [0.2, 0.25) is 0 Å². The molecule has 0 spiro atoms. The van der Waals surface area contributed by atoms with E-state index in [1.807, 2.05) is 0 Å². The van der Waals surface area contributed by atoms with E-state index in [0.29, 0.717) is 23.4 Å². The summed E-state index contributed by atoms with van der Waals surface area (Å²) in [5, 5.41) is 0. The number of Topliss-reactive ketones (excluding diaryl/α,β-unsaturated/α-hetero) is 1. The Kier molecular flexibility index (Phi) is 4.29. The lowest BCUT2D eigenvalue weighted by molar-refractivity contribution is 0.0495. The van der Waals surface area contributed by atoms with Crippen LogP contribution in [0, 0.1) is 17.8 Å². The van der Waals surface area contributed by atoms with Gasteiger partial charge in [-0.2, -0.15) is 0 Å². The molecular formula is C23H30N2O. The maximum atomic E-state index is 13.4. The standard InChI is InChI=1S/C23H30N2O/c1-14(2)16-7-8-19-17(10-16)11-18(22(26)20-12-24-13-25-20)21-15(3)6-5-9-23(19,21)4/h7-8,10,12-15,18,21H,5-6,9,11H2,1-4H3,(H,24,25)/t15-,18?,21+,23+/m0/s1. The van der Waals surface area contributed by atoms with E-state index in [2.05, 4.69) is 55.9 Å². The number of carbonyl (C=O) groups excluding carboxylic acids is 1. The molecule has 0 bridgehead atoms. The van der Waals surface area contributed by atoms with E-state index in [9.17, 15) is 4.79 Å². The van der Waals surface area contributed by atoms with Crippen LogP contribution in [0.3, 0.4) is 0 Å². The highest BCUT2D eigenvalue weighted by molar-refractivity contribution is 5.96. The summed E-state index contributed by atoms with van der Waals surface area (Å²) in [5.74, 6) is 1.78. The van der Waals surface area contributed by atoms with Crippen LogP contribution in [0.4, 0.5) is 0 Å². The predicted octanol–water partition coefficient (Wildman–Crippen LogP) is 5.28. The van der Waals surface area contributed by atoms with Gasteiger partial charge in [0.05, 0.1) is 12.5 Å². The van der Waals surface area contributed by atoms with Gasteiger partial charge in [0, 0.05) is 5.92 Å². The molecule has 1 fully saturated rings. The van der Waals surface area contributed by atoms with Crippen LogP contribution >= 0.6 is 0 Å². The Bertz CT molecular complexity index is 808. The van der Waals surface area contributed by atoms with Crippen molar-refractivity contribution in [3.05, 3.63) is 53.1 Å². The van der Waals surface area contributed by atoms with Gasteiger partial charge in [-0.3, -0.25) is 4.79 Å². The van der Waals surface area contributed by atoms with Gasteiger partial charge in [-0.15, -0.1) is 0 Å². The first-order valence-corrected chi connectivity index (χ1v) is 10.1. The zero-order valence-corrected chi connectivity index (χ0v) is 16.4. The van der Waals surface area contributed by atoms with E-state index in [1.54, 1.807) is 12.5 Å². The molecule has 0 aliphatic heterocycles. The number of rotatable bonds is 3. The van der Waals surface area contributed by atoms with Gasteiger partial charge in [0.25, 0.3) is 0 Å². The minimum atomic E-state index is 0.0469. The minimum Gasteiger partial charge on any atom is -0.342 e. The van der Waals surface area contributed by atoms with Crippen molar-refractivity contribution in [2.45, 2.75) is 64.7 Å². The molecule has 1 unspecified atom stereocenters. The summed E-state index contributed by atoms with van der Waals surface area (Å²) < 4.78 is 0. The molecule has 26 heavy (non-hydrogen) atoms. The van der Waals surface area contributed by atoms with Crippen molar-refractivity contribution in [1.82, 2.24) is 9.97 Å². The summed E-state index contributed by atoms with van der Waals surface area (Å²) in [6, 6.07) is 7.04. The summed E-state index contributed by atoms with van der Waals surface area (Å²) in [6.45, 7) is 9.24. The van der Waals surface area contributed by atoms with Crippen molar-refractivity contribution < 1.29 is 4.79 Å². The lowest BCUT2D eigenvalue weighted by Gasteiger charge is -2.52. The van der Waals surface area contributed by atoms with Crippen molar-refractivity contribution >= 4 is 5.78 Å². The van der Waals surface area contributed by atoms with E-state index < -0.39 is 0 Å². The summed E-state index contributed by atoms with van der Waals surface area (Å²) in [7, 11) is 0. The average Bonchev–Trinajstić information content (AvgIpc) is 3.14. The van der Waals surface area contributed by atoms with Gasteiger partial charge in [-0.05, 0) is 52.7 Å². The smallest absolute Gasteiger partial charge is 0.184 e. The van der Waals surface area contributed by atoms with Crippen LogP contribution in [0.1, 0.15) is 80.1 Å². The Labute approximate surface area is 156 Å². The third kappa shape index (κ3) is 2.64. The largest absolute Gasteiger partial charge is 0.342 e. The lowest BCUT2D eigenvalue weighted by atomic mass is 9.51. The molecule has 3 nitrogen and oxygen atoms in total.